The molecule has 12 nitrogen and oxygen atoms in total. The van der Waals surface area contributed by atoms with Gasteiger partial charge in [0.15, 0.2) is 0 Å². The number of aryl methyl sites for hydroxylation is 1. The van der Waals surface area contributed by atoms with Gasteiger partial charge in [0.1, 0.15) is 30.2 Å². The van der Waals surface area contributed by atoms with Gasteiger partial charge in [0.05, 0.1) is 32.0 Å². The second-order valence-corrected chi connectivity index (χ2v) is 10.7. The Morgan fingerprint density at radius 2 is 1.82 bits per heavy atom. The van der Waals surface area contributed by atoms with Crippen LogP contribution in [0.25, 0.3) is 0 Å². The van der Waals surface area contributed by atoms with Crippen LogP contribution < -0.4 is 14.8 Å². The molecule has 1 saturated heterocycles. The molecule has 8 N–H and O–H groups in total. The molecule has 39 heavy (non-hydrogen) atoms. The molecule has 220 valence electrons. The van der Waals surface area contributed by atoms with Gasteiger partial charge in [-0.1, -0.05) is 19.9 Å². The third-order valence-electron chi connectivity index (χ3n) is 7.04. The Kier molecular flexibility index (Phi) is 11.1. The van der Waals surface area contributed by atoms with Crippen LogP contribution in [0.3, 0.4) is 0 Å². The molecule has 1 unspecified atom stereocenters. The topological polar surface area (TPSA) is 190 Å². The van der Waals surface area contributed by atoms with Gasteiger partial charge in [-0.05, 0) is 56.0 Å². The molecule has 1 aromatic carbocycles. The number of rotatable bonds is 14. The van der Waals surface area contributed by atoms with Gasteiger partial charge < -0.3 is 50.2 Å². The molecular weight excluding hydrogens is 510 g/mol. The van der Waals surface area contributed by atoms with Crippen molar-refractivity contribution in [3.05, 3.63) is 40.6 Å². The van der Waals surface area contributed by atoms with Crippen molar-refractivity contribution in [1.29, 1.82) is 0 Å². The number of H-pyrrole nitrogens is 1. The van der Waals surface area contributed by atoms with Crippen LogP contribution in [-0.2, 0) is 11.2 Å². The van der Waals surface area contributed by atoms with Crippen molar-refractivity contribution >= 4 is 0 Å². The maximum Gasteiger partial charge on any atom is 0.238 e. The van der Waals surface area contributed by atoms with E-state index in [4.69, 9.17) is 14.2 Å². The summed E-state index contributed by atoms with van der Waals surface area (Å²) in [7, 11) is 0. The molecule has 1 aliphatic rings. The molecular formula is C27H43N3O9. The molecule has 0 saturated carbocycles. The summed E-state index contributed by atoms with van der Waals surface area (Å²) >= 11 is 0. The first-order chi connectivity index (χ1) is 18.5. The molecule has 0 radical (unpaired) electrons. The molecule has 1 fully saturated rings. The van der Waals surface area contributed by atoms with E-state index < -0.39 is 42.9 Å². The van der Waals surface area contributed by atoms with Crippen molar-refractivity contribution in [1.82, 2.24) is 15.5 Å². The zero-order valence-corrected chi connectivity index (χ0v) is 23.0. The molecule has 1 aliphatic heterocycles. The van der Waals surface area contributed by atoms with Crippen LogP contribution in [0.15, 0.2) is 18.2 Å². The minimum absolute atomic E-state index is 0.0923. The number of nitrogens with zero attached hydrogens (tertiary/aromatic N) is 1. The molecule has 0 bridgehead atoms. The number of aromatic amines is 1. The highest BCUT2D eigenvalue weighted by molar-refractivity contribution is 5.42. The summed E-state index contributed by atoms with van der Waals surface area (Å²) in [5, 5.41) is 69.2. The number of ether oxygens (including phenoxy) is 3. The predicted molar refractivity (Wildman–Crippen MR) is 142 cm³/mol. The van der Waals surface area contributed by atoms with Gasteiger partial charge in [0.25, 0.3) is 0 Å². The largest absolute Gasteiger partial charge is 0.494 e. The highest BCUT2D eigenvalue weighted by Gasteiger charge is 2.45. The molecule has 2 heterocycles. The third kappa shape index (κ3) is 7.68. The Bertz CT molecular complexity index is 1040. The number of nitrogens with one attached hydrogen (secondary N) is 2. The minimum atomic E-state index is -1.55. The lowest BCUT2D eigenvalue weighted by Crippen LogP contribution is -2.60. The molecule has 0 aliphatic carbocycles. The summed E-state index contributed by atoms with van der Waals surface area (Å²) in [6.45, 7) is 7.94. The predicted octanol–water partition coefficient (Wildman–Crippen LogP) is -0.287. The first kappa shape index (κ1) is 31.2. The summed E-state index contributed by atoms with van der Waals surface area (Å²) in [5.74, 6) is 1.01. The number of benzene rings is 1. The number of hydrogen-bond acceptors (Lipinski definition) is 11. The Balaban J connectivity index is 1.68. The van der Waals surface area contributed by atoms with Crippen LogP contribution in [0.2, 0.25) is 0 Å². The maximum absolute atomic E-state index is 10.4. The summed E-state index contributed by atoms with van der Waals surface area (Å²) in [5.41, 5.74) is 2.90. The summed E-state index contributed by atoms with van der Waals surface area (Å²) in [6, 6.07) is 5.79. The van der Waals surface area contributed by atoms with Crippen LogP contribution in [-0.4, -0.2) is 110 Å². The lowest BCUT2D eigenvalue weighted by atomic mass is 9.96. The van der Waals surface area contributed by atoms with E-state index in [1.165, 1.54) is 0 Å². The maximum atomic E-state index is 10.4. The molecule has 0 amide bonds. The SMILES string of the molecule is Cc1cc(OCCCNC(C)(CO)CO)ccc1Cc1c(OC2O[C@H](CO)[C@@H](O)[C@H](O)[C@H]2O)n[nH]c1C(C)C. The van der Waals surface area contributed by atoms with Crippen molar-refractivity contribution in [2.24, 2.45) is 0 Å². The van der Waals surface area contributed by atoms with Crippen molar-refractivity contribution in [2.45, 2.75) is 82.7 Å². The highest BCUT2D eigenvalue weighted by atomic mass is 16.7. The van der Waals surface area contributed by atoms with E-state index in [0.717, 1.165) is 28.1 Å². The lowest BCUT2D eigenvalue weighted by molar-refractivity contribution is -0.278. The molecule has 2 aromatic rings. The van der Waals surface area contributed by atoms with E-state index in [9.17, 15) is 30.6 Å². The zero-order chi connectivity index (χ0) is 28.7. The fourth-order valence-corrected chi connectivity index (χ4v) is 4.34. The van der Waals surface area contributed by atoms with E-state index in [0.29, 0.717) is 26.0 Å². The van der Waals surface area contributed by atoms with E-state index in [-0.39, 0.29) is 25.0 Å². The first-order valence-electron chi connectivity index (χ1n) is 13.3. The first-order valence-corrected chi connectivity index (χ1v) is 13.3. The third-order valence-corrected chi connectivity index (χ3v) is 7.04. The second kappa shape index (κ2) is 13.9. The van der Waals surface area contributed by atoms with Gasteiger partial charge in [-0.25, -0.2) is 0 Å². The lowest BCUT2D eigenvalue weighted by Gasteiger charge is -2.39. The quantitative estimate of drug-likeness (QED) is 0.144. The van der Waals surface area contributed by atoms with Gasteiger partial charge in [-0.3, -0.25) is 5.10 Å². The van der Waals surface area contributed by atoms with E-state index in [1.54, 1.807) is 6.92 Å². The fraction of sp³-hybridized carbons (Fsp3) is 0.667. The zero-order valence-electron chi connectivity index (χ0n) is 23.0. The van der Waals surface area contributed by atoms with Crippen LogP contribution in [0.5, 0.6) is 11.6 Å². The number of aromatic nitrogens is 2. The molecule has 1 aromatic heterocycles. The van der Waals surface area contributed by atoms with Crippen LogP contribution in [0.4, 0.5) is 0 Å². The molecule has 5 atom stereocenters. The van der Waals surface area contributed by atoms with E-state index >= 15 is 0 Å². The van der Waals surface area contributed by atoms with Crippen molar-refractivity contribution in [2.75, 3.05) is 33.0 Å². The van der Waals surface area contributed by atoms with Crippen molar-refractivity contribution in [3.63, 3.8) is 0 Å². The Morgan fingerprint density at radius 1 is 1.10 bits per heavy atom. The van der Waals surface area contributed by atoms with Crippen LogP contribution >= 0.6 is 0 Å². The van der Waals surface area contributed by atoms with Gasteiger partial charge in [-0.15, -0.1) is 5.10 Å². The Morgan fingerprint density at radius 3 is 2.44 bits per heavy atom. The molecule has 0 spiro atoms. The van der Waals surface area contributed by atoms with E-state index in [1.807, 2.05) is 39.0 Å². The Hall–Kier alpha value is -2.29. The fourth-order valence-electron chi connectivity index (χ4n) is 4.34. The summed E-state index contributed by atoms with van der Waals surface area (Å²) in [6.07, 6.45) is -5.82. The van der Waals surface area contributed by atoms with Crippen LogP contribution in [0.1, 0.15) is 55.5 Å². The molecule has 12 heteroatoms. The van der Waals surface area contributed by atoms with Gasteiger partial charge in [-0.2, -0.15) is 0 Å². The summed E-state index contributed by atoms with van der Waals surface area (Å²) < 4.78 is 17.3. The van der Waals surface area contributed by atoms with Crippen molar-refractivity contribution in [3.8, 4) is 11.6 Å². The highest BCUT2D eigenvalue weighted by Crippen LogP contribution is 2.32. The number of aliphatic hydroxyl groups excluding tert-OH is 6. The average Bonchev–Trinajstić information content (AvgIpc) is 3.32. The number of hydrogen-bond donors (Lipinski definition) is 8. The second-order valence-electron chi connectivity index (χ2n) is 10.7. The van der Waals surface area contributed by atoms with E-state index in [2.05, 4.69) is 15.5 Å². The minimum Gasteiger partial charge on any atom is -0.494 e. The summed E-state index contributed by atoms with van der Waals surface area (Å²) in [4.78, 5) is 0. The van der Waals surface area contributed by atoms with Crippen molar-refractivity contribution < 1.29 is 44.8 Å². The van der Waals surface area contributed by atoms with Crippen LogP contribution in [0, 0.1) is 6.92 Å². The number of aliphatic hydroxyl groups is 6. The molecule has 3 rings (SSSR count). The average molecular weight is 554 g/mol. The monoisotopic (exact) mass is 553 g/mol. The smallest absolute Gasteiger partial charge is 0.238 e. The van der Waals surface area contributed by atoms with Gasteiger partial charge >= 0.3 is 0 Å². The van der Waals surface area contributed by atoms with Gasteiger partial charge in [0, 0.05) is 17.7 Å². The Labute approximate surface area is 228 Å². The normalized spacial score (nSPS) is 23.8. The van der Waals surface area contributed by atoms with Gasteiger partial charge in [0.2, 0.25) is 12.2 Å². The standard InChI is InChI=1S/C27H43N3O9/c1-15(2)21-19(25(30-29-21)39-26-24(36)23(35)22(34)20(12-31)38-26)11-17-6-7-18(10-16(17)3)37-9-5-8-28-27(4,13-32)14-33/h6-7,10,15,20,22-24,26,28,31-36H,5,8-9,11-14H2,1-4H3,(H,29,30)/t20-,22-,23+,24-,26?/m1/s1.